The molecule has 7 heteroatoms. The van der Waals surface area contributed by atoms with Crippen molar-refractivity contribution >= 4 is 21.4 Å². The molecule has 106 valence electrons. The molecule has 1 heterocycles. The maximum atomic E-state index is 11.5. The van der Waals surface area contributed by atoms with E-state index in [1.54, 1.807) is 19.2 Å². The van der Waals surface area contributed by atoms with Gasteiger partial charge < -0.3 is 15.2 Å². The predicted molar refractivity (Wildman–Crippen MR) is 73.3 cm³/mol. The number of hydrogen-bond donors (Lipinski definition) is 2. The first-order valence-corrected chi connectivity index (χ1v) is 8.10. The number of halogens is 1. The summed E-state index contributed by atoms with van der Waals surface area (Å²) in [4.78, 5) is 0. The lowest BCUT2D eigenvalue weighted by Gasteiger charge is -2.19. The lowest BCUT2D eigenvalue weighted by atomic mass is 10.2. The van der Waals surface area contributed by atoms with Crippen molar-refractivity contribution in [1.29, 1.82) is 0 Å². The van der Waals surface area contributed by atoms with Crippen LogP contribution >= 0.6 is 11.6 Å². The average molecular weight is 306 g/mol. The highest BCUT2D eigenvalue weighted by Gasteiger charge is 2.38. The summed E-state index contributed by atoms with van der Waals surface area (Å²) in [5, 5.41) is 13.1. The first kappa shape index (κ1) is 14.6. The maximum Gasteiger partial charge on any atom is 0.156 e. The van der Waals surface area contributed by atoms with Gasteiger partial charge in [-0.15, -0.1) is 0 Å². The highest BCUT2D eigenvalue weighted by molar-refractivity contribution is 7.91. The van der Waals surface area contributed by atoms with Gasteiger partial charge in [-0.2, -0.15) is 0 Å². The van der Waals surface area contributed by atoms with Crippen molar-refractivity contribution in [2.24, 2.45) is 0 Å². The second-order valence-corrected chi connectivity index (χ2v) is 7.12. The van der Waals surface area contributed by atoms with Crippen LogP contribution in [0.5, 0.6) is 5.75 Å². The monoisotopic (exact) mass is 305 g/mol. The number of sulfone groups is 1. The molecule has 2 unspecified atom stereocenters. The van der Waals surface area contributed by atoms with Crippen LogP contribution in [0.3, 0.4) is 0 Å². The van der Waals surface area contributed by atoms with Gasteiger partial charge in [-0.05, 0) is 13.1 Å². The maximum absolute atomic E-state index is 11.5. The van der Waals surface area contributed by atoms with Gasteiger partial charge in [0, 0.05) is 12.1 Å². The summed E-state index contributed by atoms with van der Waals surface area (Å²) < 4.78 is 28.5. The summed E-state index contributed by atoms with van der Waals surface area (Å²) in [5.41, 5.74) is 0.825. The molecule has 2 atom stereocenters. The van der Waals surface area contributed by atoms with Crippen LogP contribution in [-0.4, -0.2) is 44.3 Å². The third kappa shape index (κ3) is 3.39. The van der Waals surface area contributed by atoms with Gasteiger partial charge in [0.1, 0.15) is 18.0 Å². The van der Waals surface area contributed by atoms with E-state index in [-0.39, 0.29) is 11.5 Å². The third-order valence-electron chi connectivity index (χ3n) is 2.96. The normalized spacial score (nSPS) is 25.4. The van der Waals surface area contributed by atoms with Crippen LogP contribution in [0.1, 0.15) is 5.56 Å². The Morgan fingerprint density at radius 2 is 2.21 bits per heavy atom. The highest BCUT2D eigenvalue weighted by atomic mass is 35.5. The van der Waals surface area contributed by atoms with E-state index in [2.05, 4.69) is 5.32 Å². The van der Waals surface area contributed by atoms with Crippen LogP contribution in [0, 0.1) is 0 Å². The van der Waals surface area contributed by atoms with Crippen molar-refractivity contribution in [3.05, 3.63) is 28.8 Å². The van der Waals surface area contributed by atoms with Crippen LogP contribution in [0.4, 0.5) is 0 Å². The summed E-state index contributed by atoms with van der Waals surface area (Å²) in [7, 11) is -1.45. The van der Waals surface area contributed by atoms with Gasteiger partial charge in [-0.1, -0.05) is 23.7 Å². The Hall–Kier alpha value is -0.820. The minimum absolute atomic E-state index is 0.182. The van der Waals surface area contributed by atoms with Gasteiger partial charge in [-0.3, -0.25) is 0 Å². The second-order valence-electron chi connectivity index (χ2n) is 4.56. The molecule has 5 nitrogen and oxygen atoms in total. The van der Waals surface area contributed by atoms with Gasteiger partial charge in [0.15, 0.2) is 9.84 Å². The van der Waals surface area contributed by atoms with E-state index in [9.17, 15) is 13.5 Å². The number of para-hydroxylation sites is 1. The van der Waals surface area contributed by atoms with Gasteiger partial charge in [-0.25, -0.2) is 8.42 Å². The Kier molecular flexibility index (Phi) is 4.35. The van der Waals surface area contributed by atoms with Crippen molar-refractivity contribution in [3.63, 3.8) is 0 Å². The lowest BCUT2D eigenvalue weighted by molar-refractivity contribution is 0.0731. The van der Waals surface area contributed by atoms with E-state index < -0.39 is 22.0 Å². The Labute approximate surface area is 117 Å². The Morgan fingerprint density at radius 3 is 2.79 bits per heavy atom. The molecule has 0 spiro atoms. The fraction of sp³-hybridized carbons (Fsp3) is 0.500. The Morgan fingerprint density at radius 1 is 1.47 bits per heavy atom. The number of nitrogens with one attached hydrogen (secondary N) is 1. The molecule has 1 aromatic rings. The first-order valence-electron chi connectivity index (χ1n) is 5.90. The molecule has 0 saturated carbocycles. The summed E-state index contributed by atoms with van der Waals surface area (Å²) in [6.45, 7) is 0.547. The first-order chi connectivity index (χ1) is 8.93. The number of ether oxygens (including phenoxy) is 1. The van der Waals surface area contributed by atoms with Crippen molar-refractivity contribution in [3.8, 4) is 5.75 Å². The van der Waals surface area contributed by atoms with E-state index in [0.717, 1.165) is 5.56 Å². The van der Waals surface area contributed by atoms with Crippen molar-refractivity contribution < 1.29 is 18.3 Å². The lowest BCUT2D eigenvalue weighted by Crippen LogP contribution is -2.30. The Bertz CT molecular complexity index is 561. The third-order valence-corrected chi connectivity index (χ3v) is 4.94. The molecule has 19 heavy (non-hydrogen) atoms. The summed E-state index contributed by atoms with van der Waals surface area (Å²) in [6, 6.07) is 5.31. The van der Waals surface area contributed by atoms with Crippen molar-refractivity contribution in [2.45, 2.75) is 18.8 Å². The van der Waals surface area contributed by atoms with Crippen molar-refractivity contribution in [2.75, 3.05) is 18.6 Å². The van der Waals surface area contributed by atoms with E-state index in [4.69, 9.17) is 16.3 Å². The number of benzene rings is 1. The zero-order valence-electron chi connectivity index (χ0n) is 10.5. The number of aliphatic hydroxyl groups is 1. The highest BCUT2D eigenvalue weighted by Crippen LogP contribution is 2.31. The molecule has 0 aromatic heterocycles. The molecule has 1 aliphatic heterocycles. The van der Waals surface area contributed by atoms with Gasteiger partial charge >= 0.3 is 0 Å². The predicted octanol–water partition coefficient (Wildman–Crippen LogP) is 0.596. The van der Waals surface area contributed by atoms with Crippen LogP contribution in [-0.2, 0) is 16.4 Å². The molecule has 1 saturated heterocycles. The molecular formula is C12H16ClNO4S. The minimum Gasteiger partial charge on any atom is -0.485 e. The van der Waals surface area contributed by atoms with E-state index in [0.29, 0.717) is 17.3 Å². The molecule has 0 bridgehead atoms. The van der Waals surface area contributed by atoms with Crippen LogP contribution in [0.15, 0.2) is 18.2 Å². The molecule has 2 rings (SSSR count). The SMILES string of the molecule is CNCc1cccc(Cl)c1OC1CS(=O)(=O)CC1O. The molecule has 1 aromatic carbocycles. The fourth-order valence-corrected chi connectivity index (χ4v) is 3.98. The molecule has 1 aliphatic rings. The number of hydrogen-bond acceptors (Lipinski definition) is 5. The number of rotatable bonds is 4. The smallest absolute Gasteiger partial charge is 0.156 e. The van der Waals surface area contributed by atoms with Gasteiger partial charge in [0.05, 0.1) is 16.5 Å². The van der Waals surface area contributed by atoms with Crippen LogP contribution in [0.2, 0.25) is 5.02 Å². The van der Waals surface area contributed by atoms with E-state index in [1.165, 1.54) is 0 Å². The van der Waals surface area contributed by atoms with Crippen LogP contribution < -0.4 is 10.1 Å². The second kappa shape index (κ2) is 5.66. The summed E-state index contributed by atoms with van der Waals surface area (Å²) in [5.74, 6) is -0.0123. The molecule has 0 radical (unpaired) electrons. The Balaban J connectivity index is 2.24. The summed E-state index contributed by atoms with van der Waals surface area (Å²) >= 11 is 6.08. The number of aliphatic hydroxyl groups excluding tert-OH is 1. The zero-order valence-corrected chi connectivity index (χ0v) is 12.0. The molecule has 0 amide bonds. The van der Waals surface area contributed by atoms with E-state index in [1.807, 2.05) is 6.07 Å². The molecule has 2 N–H and O–H groups in total. The fourth-order valence-electron chi connectivity index (χ4n) is 2.08. The minimum atomic E-state index is -3.24. The topological polar surface area (TPSA) is 75.6 Å². The van der Waals surface area contributed by atoms with Gasteiger partial charge in [0.25, 0.3) is 0 Å². The average Bonchev–Trinajstić information content (AvgIpc) is 2.57. The zero-order chi connectivity index (χ0) is 14.0. The molecular weight excluding hydrogens is 290 g/mol. The van der Waals surface area contributed by atoms with Crippen molar-refractivity contribution in [1.82, 2.24) is 5.32 Å². The quantitative estimate of drug-likeness (QED) is 0.852. The largest absolute Gasteiger partial charge is 0.485 e. The van der Waals surface area contributed by atoms with E-state index >= 15 is 0 Å². The van der Waals surface area contributed by atoms with Crippen LogP contribution in [0.25, 0.3) is 0 Å². The van der Waals surface area contributed by atoms with Gasteiger partial charge in [0.2, 0.25) is 0 Å². The summed E-state index contributed by atoms with van der Waals surface area (Å²) in [6.07, 6.45) is -1.77. The molecule has 1 fully saturated rings. The molecule has 0 aliphatic carbocycles. The standard InChI is InChI=1S/C12H16ClNO4S/c1-14-5-8-3-2-4-9(13)12(8)18-11-7-19(16,17)6-10(11)15/h2-4,10-11,14-15H,5-7H2,1H3.